The molecule has 3 N–H and O–H groups in total. The molecule has 0 aromatic carbocycles. The fraction of sp³-hybridized carbons (Fsp3) is 0.571. The van der Waals surface area contributed by atoms with Crippen LogP contribution in [0.5, 0.6) is 0 Å². The van der Waals surface area contributed by atoms with Crippen molar-refractivity contribution in [2.24, 2.45) is 5.73 Å². The van der Waals surface area contributed by atoms with Crippen molar-refractivity contribution in [2.75, 3.05) is 12.4 Å². The van der Waals surface area contributed by atoms with Crippen molar-refractivity contribution < 1.29 is 14.3 Å². The van der Waals surface area contributed by atoms with Gasteiger partial charge in [0.05, 0.1) is 12.8 Å². The molecule has 0 radical (unpaired) electrons. The van der Waals surface area contributed by atoms with E-state index in [1.165, 1.54) is 18.4 Å². The zero-order valence-corrected chi connectivity index (χ0v) is 12.6. The third-order valence-electron chi connectivity index (χ3n) is 3.72. The number of nitrogens with two attached hydrogens (primary N) is 1. The van der Waals surface area contributed by atoms with Gasteiger partial charge in [0, 0.05) is 12.0 Å². The number of hydrogen-bond acceptors (Lipinski definition) is 5. The highest BCUT2D eigenvalue weighted by atomic mass is 32.1. The molecule has 5 nitrogen and oxygen atoms in total. The minimum atomic E-state index is -0.429. The third kappa shape index (κ3) is 3.19. The summed E-state index contributed by atoms with van der Waals surface area (Å²) in [5.41, 5.74) is 7.22. The van der Waals surface area contributed by atoms with Crippen LogP contribution in [0.2, 0.25) is 0 Å². The Kier molecular flexibility index (Phi) is 4.45. The molecular formula is C14H20N2O3S. The molecule has 0 unspecified atom stereocenters. The van der Waals surface area contributed by atoms with Gasteiger partial charge < -0.3 is 15.8 Å². The summed E-state index contributed by atoms with van der Waals surface area (Å²) < 4.78 is 4.72. The molecule has 6 heteroatoms. The highest BCUT2D eigenvalue weighted by Crippen LogP contribution is 2.32. The van der Waals surface area contributed by atoms with E-state index in [0.717, 1.165) is 31.2 Å². The molecule has 0 bridgehead atoms. The van der Waals surface area contributed by atoms with Crippen molar-refractivity contribution in [1.82, 2.24) is 0 Å². The van der Waals surface area contributed by atoms with E-state index in [1.807, 2.05) is 12.3 Å². The first-order valence-corrected chi connectivity index (χ1v) is 7.58. The minimum Gasteiger partial charge on any atom is -0.465 e. The van der Waals surface area contributed by atoms with Crippen molar-refractivity contribution in [3.05, 3.63) is 15.8 Å². The predicted molar refractivity (Wildman–Crippen MR) is 79.0 cm³/mol. The van der Waals surface area contributed by atoms with Gasteiger partial charge in [-0.3, -0.25) is 4.79 Å². The average molecular weight is 296 g/mol. The maximum Gasteiger partial charge on any atom is 0.350 e. The largest absolute Gasteiger partial charge is 0.465 e. The number of aryl methyl sites for hydroxylation is 1. The summed E-state index contributed by atoms with van der Waals surface area (Å²) in [6.45, 7) is 1.85. The third-order valence-corrected chi connectivity index (χ3v) is 4.80. The number of rotatable bonds is 4. The van der Waals surface area contributed by atoms with Gasteiger partial charge in [-0.05, 0) is 30.7 Å². The van der Waals surface area contributed by atoms with Crippen LogP contribution in [0, 0.1) is 6.92 Å². The van der Waals surface area contributed by atoms with Crippen LogP contribution in [0.15, 0.2) is 5.38 Å². The van der Waals surface area contributed by atoms with Crippen LogP contribution in [0.3, 0.4) is 0 Å². The van der Waals surface area contributed by atoms with Crippen LogP contribution in [0.1, 0.15) is 47.3 Å². The molecule has 0 aliphatic heterocycles. The zero-order chi connectivity index (χ0) is 14.8. The van der Waals surface area contributed by atoms with E-state index < -0.39 is 5.97 Å². The second-order valence-corrected chi connectivity index (χ2v) is 6.29. The van der Waals surface area contributed by atoms with Crippen molar-refractivity contribution >= 4 is 28.9 Å². The Labute approximate surface area is 122 Å². The predicted octanol–water partition coefficient (Wildman–Crippen LogP) is 2.44. The lowest BCUT2D eigenvalue weighted by Gasteiger charge is -2.22. The van der Waals surface area contributed by atoms with Crippen molar-refractivity contribution in [2.45, 2.75) is 44.6 Å². The van der Waals surface area contributed by atoms with E-state index >= 15 is 0 Å². The van der Waals surface area contributed by atoms with Crippen molar-refractivity contribution in [3.8, 4) is 0 Å². The van der Waals surface area contributed by atoms with Crippen LogP contribution in [-0.2, 0) is 9.53 Å². The number of ether oxygens (including phenoxy) is 1. The van der Waals surface area contributed by atoms with Crippen LogP contribution < -0.4 is 11.1 Å². The zero-order valence-electron chi connectivity index (χ0n) is 11.8. The number of carbonyl (C=O) groups excluding carboxylic acids is 2. The lowest BCUT2D eigenvalue weighted by Crippen LogP contribution is -2.40. The topological polar surface area (TPSA) is 81.4 Å². The molecule has 1 fully saturated rings. The first-order valence-electron chi connectivity index (χ1n) is 6.70. The Morgan fingerprint density at radius 1 is 1.45 bits per heavy atom. The first kappa shape index (κ1) is 15.0. The van der Waals surface area contributed by atoms with Crippen LogP contribution in [-0.4, -0.2) is 24.5 Å². The Bertz CT molecular complexity index is 518. The molecule has 20 heavy (non-hydrogen) atoms. The number of esters is 1. The van der Waals surface area contributed by atoms with Gasteiger partial charge >= 0.3 is 5.97 Å². The minimum absolute atomic E-state index is 0.138. The van der Waals surface area contributed by atoms with Crippen LogP contribution >= 0.6 is 11.3 Å². The molecule has 1 aliphatic rings. The molecule has 1 aromatic rings. The van der Waals surface area contributed by atoms with Gasteiger partial charge in [0.2, 0.25) is 5.91 Å². The summed E-state index contributed by atoms with van der Waals surface area (Å²) >= 11 is 1.27. The molecule has 1 saturated carbocycles. The summed E-state index contributed by atoms with van der Waals surface area (Å²) in [5.74, 6) is -0.567. The highest BCUT2D eigenvalue weighted by molar-refractivity contribution is 7.12. The molecule has 0 saturated heterocycles. The number of carbonyl (C=O) groups is 2. The number of amides is 1. The first-order chi connectivity index (χ1) is 9.45. The van der Waals surface area contributed by atoms with E-state index in [-0.39, 0.29) is 11.4 Å². The van der Waals surface area contributed by atoms with Gasteiger partial charge in [-0.1, -0.05) is 12.8 Å². The quantitative estimate of drug-likeness (QED) is 0.836. The maximum atomic E-state index is 12.1. The highest BCUT2D eigenvalue weighted by Gasteiger charge is 2.32. The monoisotopic (exact) mass is 296 g/mol. The summed E-state index contributed by atoms with van der Waals surface area (Å²) in [7, 11) is 1.33. The summed E-state index contributed by atoms with van der Waals surface area (Å²) in [5, 5.41) is 4.65. The van der Waals surface area contributed by atoms with Gasteiger partial charge in [0.15, 0.2) is 0 Å². The van der Waals surface area contributed by atoms with E-state index in [1.54, 1.807) is 0 Å². The van der Waals surface area contributed by atoms with Crippen molar-refractivity contribution in [3.63, 3.8) is 0 Å². The molecule has 0 atom stereocenters. The summed E-state index contributed by atoms with van der Waals surface area (Å²) in [6, 6.07) is 0. The number of hydrogen-bond donors (Lipinski definition) is 2. The maximum absolute atomic E-state index is 12.1. The second-order valence-electron chi connectivity index (χ2n) is 5.41. The molecular weight excluding hydrogens is 276 g/mol. The van der Waals surface area contributed by atoms with Gasteiger partial charge in [-0.2, -0.15) is 0 Å². The van der Waals surface area contributed by atoms with Crippen molar-refractivity contribution in [1.29, 1.82) is 0 Å². The Morgan fingerprint density at radius 3 is 2.70 bits per heavy atom. The van der Waals surface area contributed by atoms with E-state index in [0.29, 0.717) is 17.0 Å². The Hall–Kier alpha value is -1.40. The molecule has 1 amide bonds. The van der Waals surface area contributed by atoms with E-state index in [4.69, 9.17) is 10.5 Å². The van der Waals surface area contributed by atoms with E-state index in [2.05, 4.69) is 5.32 Å². The fourth-order valence-corrected chi connectivity index (χ4v) is 3.52. The molecule has 0 spiro atoms. The molecule has 1 heterocycles. The van der Waals surface area contributed by atoms with Gasteiger partial charge in [-0.15, -0.1) is 11.3 Å². The van der Waals surface area contributed by atoms with Crippen LogP contribution in [0.4, 0.5) is 5.69 Å². The standard InChI is InChI=1S/C14H20N2O3S/c1-9-8-20-12(13(18)19-2)11(9)16-10(17)7-14(15)5-3-4-6-14/h8H,3-7,15H2,1-2H3,(H,16,17). The Morgan fingerprint density at radius 2 is 2.10 bits per heavy atom. The second kappa shape index (κ2) is 5.93. The number of thiophene rings is 1. The average Bonchev–Trinajstić information content (AvgIpc) is 2.96. The smallest absolute Gasteiger partial charge is 0.350 e. The molecule has 110 valence electrons. The number of anilines is 1. The number of nitrogens with one attached hydrogen (secondary N) is 1. The van der Waals surface area contributed by atoms with Gasteiger partial charge in [0.25, 0.3) is 0 Å². The van der Waals surface area contributed by atoms with E-state index in [9.17, 15) is 9.59 Å². The lowest BCUT2D eigenvalue weighted by molar-refractivity contribution is -0.117. The molecule has 1 aliphatic carbocycles. The number of methoxy groups -OCH3 is 1. The summed E-state index contributed by atoms with van der Waals surface area (Å²) in [4.78, 5) is 24.2. The fourth-order valence-electron chi connectivity index (χ4n) is 2.60. The molecule has 1 aromatic heterocycles. The lowest BCUT2D eigenvalue weighted by atomic mass is 9.94. The van der Waals surface area contributed by atoms with Gasteiger partial charge in [-0.25, -0.2) is 4.79 Å². The Balaban J connectivity index is 2.08. The van der Waals surface area contributed by atoms with Gasteiger partial charge in [0.1, 0.15) is 4.88 Å². The summed E-state index contributed by atoms with van der Waals surface area (Å²) in [6.07, 6.45) is 4.21. The SMILES string of the molecule is COC(=O)c1scc(C)c1NC(=O)CC1(N)CCCC1. The molecule has 2 rings (SSSR count). The van der Waals surface area contributed by atoms with Crippen LogP contribution in [0.25, 0.3) is 0 Å². The normalized spacial score (nSPS) is 16.9.